The van der Waals surface area contributed by atoms with Crippen LogP contribution in [0, 0.1) is 6.92 Å². The molecule has 1 aromatic heterocycles. The van der Waals surface area contributed by atoms with E-state index in [9.17, 15) is 19.5 Å². The number of hydrogen-bond donors (Lipinski definition) is 1. The van der Waals surface area contributed by atoms with Crippen LogP contribution in [0.4, 0.5) is 5.13 Å². The van der Waals surface area contributed by atoms with E-state index >= 15 is 0 Å². The van der Waals surface area contributed by atoms with Crippen LogP contribution >= 0.6 is 11.3 Å². The van der Waals surface area contributed by atoms with Crippen molar-refractivity contribution in [1.82, 2.24) is 4.98 Å². The lowest BCUT2D eigenvalue weighted by Gasteiger charge is -2.23. The van der Waals surface area contributed by atoms with Crippen molar-refractivity contribution in [3.8, 4) is 11.5 Å². The minimum atomic E-state index is -1.03. The largest absolute Gasteiger partial charge is 0.507 e. The lowest BCUT2D eigenvalue weighted by molar-refractivity contribution is -0.132. The Morgan fingerprint density at radius 3 is 2.82 bits per heavy atom. The van der Waals surface area contributed by atoms with Gasteiger partial charge in [-0.2, -0.15) is 0 Å². The highest BCUT2D eigenvalue weighted by molar-refractivity contribution is 7.17. The number of esters is 1. The summed E-state index contributed by atoms with van der Waals surface area (Å²) >= 11 is 0.940. The number of aromatic nitrogens is 1. The monoisotopic (exact) mass is 546 g/mol. The van der Waals surface area contributed by atoms with Crippen molar-refractivity contribution >= 4 is 39.9 Å². The first-order chi connectivity index (χ1) is 18.7. The number of benzene rings is 2. The van der Waals surface area contributed by atoms with Crippen LogP contribution < -0.4 is 14.4 Å². The number of ketones is 1. The molecule has 3 heterocycles. The fraction of sp³-hybridized carbons (Fsp3) is 0.241. The van der Waals surface area contributed by atoms with Gasteiger partial charge in [0.2, 0.25) is 0 Å². The van der Waals surface area contributed by atoms with Gasteiger partial charge < -0.3 is 19.3 Å². The van der Waals surface area contributed by atoms with Crippen molar-refractivity contribution in [1.29, 1.82) is 0 Å². The van der Waals surface area contributed by atoms with E-state index in [-0.39, 0.29) is 34.1 Å². The second kappa shape index (κ2) is 10.4. The number of methoxy groups -OCH3 is 1. The number of aliphatic hydroxyl groups excluding tert-OH is 1. The number of aliphatic hydroxyl groups is 1. The van der Waals surface area contributed by atoms with E-state index in [0.717, 1.165) is 22.6 Å². The van der Waals surface area contributed by atoms with Crippen molar-refractivity contribution in [2.45, 2.75) is 32.4 Å². The molecule has 2 unspecified atom stereocenters. The predicted octanol–water partition coefficient (Wildman–Crippen LogP) is 4.75. The van der Waals surface area contributed by atoms with Gasteiger partial charge in [0.15, 0.2) is 5.13 Å². The number of ether oxygens (including phenoxy) is 3. The van der Waals surface area contributed by atoms with Crippen molar-refractivity contribution in [3.05, 3.63) is 88.0 Å². The molecule has 200 valence electrons. The molecule has 0 aliphatic carbocycles. The van der Waals surface area contributed by atoms with Gasteiger partial charge in [-0.3, -0.25) is 14.5 Å². The Bertz CT molecular complexity index is 1540. The molecule has 0 spiro atoms. The van der Waals surface area contributed by atoms with Gasteiger partial charge in [0, 0.05) is 12.0 Å². The number of carbonyl (C=O) groups is 3. The van der Waals surface area contributed by atoms with Crippen LogP contribution in [-0.4, -0.2) is 47.6 Å². The zero-order valence-electron chi connectivity index (χ0n) is 21.6. The van der Waals surface area contributed by atoms with E-state index in [2.05, 4.69) is 11.6 Å². The molecule has 39 heavy (non-hydrogen) atoms. The summed E-state index contributed by atoms with van der Waals surface area (Å²) in [4.78, 5) is 45.1. The quantitative estimate of drug-likeness (QED) is 0.148. The van der Waals surface area contributed by atoms with Gasteiger partial charge in [-0.25, -0.2) is 9.78 Å². The lowest BCUT2D eigenvalue weighted by atomic mass is 9.94. The topological polar surface area (TPSA) is 115 Å². The van der Waals surface area contributed by atoms with Crippen molar-refractivity contribution in [2.75, 3.05) is 18.6 Å². The number of carbonyl (C=O) groups excluding carboxylic acids is 3. The molecule has 0 saturated carbocycles. The number of hydrogen-bond acceptors (Lipinski definition) is 9. The van der Waals surface area contributed by atoms with Gasteiger partial charge >= 0.3 is 11.9 Å². The second-order valence-corrected chi connectivity index (χ2v) is 10.2. The third-order valence-electron chi connectivity index (χ3n) is 6.52. The molecule has 5 rings (SSSR count). The number of aryl methyl sites for hydroxylation is 1. The SMILES string of the molecule is C=CCOc1cccc(C2/C(=C(\O)c3ccc4c(c3)CC(C)O4)C(=O)C(=O)N2c2nc(C)c(C(=O)OC)s2)c1. The van der Waals surface area contributed by atoms with Crippen LogP contribution in [0.2, 0.25) is 0 Å². The van der Waals surface area contributed by atoms with Gasteiger partial charge in [0.25, 0.3) is 5.78 Å². The first kappa shape index (κ1) is 26.2. The Balaban J connectivity index is 1.68. The van der Waals surface area contributed by atoms with Crippen molar-refractivity contribution in [2.24, 2.45) is 0 Å². The smallest absolute Gasteiger partial charge is 0.350 e. The molecule has 1 amide bonds. The molecule has 0 bridgehead atoms. The van der Waals surface area contributed by atoms with Gasteiger partial charge in [0.1, 0.15) is 34.8 Å². The van der Waals surface area contributed by atoms with E-state index in [4.69, 9.17) is 14.2 Å². The van der Waals surface area contributed by atoms with Gasteiger partial charge in [-0.05, 0) is 55.3 Å². The van der Waals surface area contributed by atoms with Crippen molar-refractivity contribution in [3.63, 3.8) is 0 Å². The van der Waals surface area contributed by atoms with E-state index in [1.807, 2.05) is 6.92 Å². The van der Waals surface area contributed by atoms with E-state index in [1.54, 1.807) is 55.5 Å². The summed E-state index contributed by atoms with van der Waals surface area (Å²) in [6.45, 7) is 7.49. The first-order valence-corrected chi connectivity index (χ1v) is 13.1. The van der Waals surface area contributed by atoms with E-state index in [1.165, 1.54) is 12.0 Å². The molecule has 1 N–H and O–H groups in total. The van der Waals surface area contributed by atoms with Crippen molar-refractivity contribution < 1.29 is 33.7 Å². The maximum absolute atomic E-state index is 13.5. The van der Waals surface area contributed by atoms with Gasteiger partial charge in [-0.15, -0.1) is 0 Å². The van der Waals surface area contributed by atoms with Crippen LogP contribution in [-0.2, 0) is 20.7 Å². The fourth-order valence-corrected chi connectivity index (χ4v) is 5.78. The van der Waals surface area contributed by atoms with Gasteiger partial charge in [0.05, 0.1) is 24.4 Å². The highest BCUT2D eigenvalue weighted by atomic mass is 32.1. The molecule has 2 aliphatic heterocycles. The summed E-state index contributed by atoms with van der Waals surface area (Å²) in [5.41, 5.74) is 2.07. The number of thiazole rings is 1. The highest BCUT2D eigenvalue weighted by Crippen LogP contribution is 2.45. The standard InChI is InChI=1S/C29H26N2O7S/c1-5-11-37-20-8-6-7-17(14-20)23-22(24(32)18-9-10-21-19(13-18)12-15(2)38-21)25(33)27(34)31(23)29-30-16(3)26(39-29)28(35)36-4/h5-10,13-15,23,32H,1,11-12H2,2-4H3/b24-22+. The summed E-state index contributed by atoms with van der Waals surface area (Å²) in [6, 6.07) is 11.0. The molecule has 0 radical (unpaired) electrons. The Morgan fingerprint density at radius 1 is 1.28 bits per heavy atom. The normalized spacial score (nSPS) is 19.5. The summed E-state index contributed by atoms with van der Waals surface area (Å²) in [7, 11) is 1.25. The van der Waals surface area contributed by atoms with Gasteiger partial charge in [-0.1, -0.05) is 36.1 Å². The van der Waals surface area contributed by atoms with E-state index < -0.39 is 23.7 Å². The molecule has 9 nitrogen and oxygen atoms in total. The summed E-state index contributed by atoms with van der Waals surface area (Å²) < 4.78 is 16.3. The zero-order valence-corrected chi connectivity index (χ0v) is 22.4. The number of anilines is 1. The van der Waals surface area contributed by atoms with Crippen LogP contribution in [0.1, 0.15) is 45.0 Å². The fourth-order valence-electron chi connectivity index (χ4n) is 4.77. The number of amides is 1. The molecule has 3 aromatic rings. The van der Waals surface area contributed by atoms with Crippen LogP contribution in [0.5, 0.6) is 11.5 Å². The average Bonchev–Trinajstić information content (AvgIpc) is 3.58. The number of rotatable bonds is 7. The molecule has 1 saturated heterocycles. The zero-order chi connectivity index (χ0) is 27.8. The van der Waals surface area contributed by atoms with E-state index in [0.29, 0.717) is 29.0 Å². The summed E-state index contributed by atoms with van der Waals surface area (Å²) in [6.07, 6.45) is 2.26. The Hall–Kier alpha value is -4.44. The van der Waals surface area contributed by atoms with Crippen LogP contribution in [0.15, 0.2) is 60.7 Å². The number of nitrogens with zero attached hydrogens (tertiary/aromatic N) is 2. The Kier molecular flexibility index (Phi) is 6.96. The molecule has 10 heteroatoms. The summed E-state index contributed by atoms with van der Waals surface area (Å²) in [5.74, 6) is -1.44. The third kappa shape index (κ3) is 4.67. The summed E-state index contributed by atoms with van der Waals surface area (Å²) in [5, 5.41) is 11.6. The third-order valence-corrected chi connectivity index (χ3v) is 7.65. The predicted molar refractivity (Wildman–Crippen MR) is 145 cm³/mol. The molecule has 1 fully saturated rings. The van der Waals surface area contributed by atoms with Crippen LogP contribution in [0.3, 0.4) is 0 Å². The highest BCUT2D eigenvalue weighted by Gasteiger charge is 2.48. The number of fused-ring (bicyclic) bond motifs is 1. The minimum absolute atomic E-state index is 0.00145. The Labute approximate surface area is 229 Å². The maximum atomic E-state index is 13.5. The Morgan fingerprint density at radius 2 is 2.08 bits per heavy atom. The first-order valence-electron chi connectivity index (χ1n) is 12.2. The lowest BCUT2D eigenvalue weighted by Crippen LogP contribution is -2.29. The molecule has 2 aromatic carbocycles. The average molecular weight is 547 g/mol. The molecule has 2 atom stereocenters. The molecular weight excluding hydrogens is 520 g/mol. The molecule has 2 aliphatic rings. The second-order valence-electron chi connectivity index (χ2n) is 9.20. The van der Waals surface area contributed by atoms with Crippen LogP contribution in [0.25, 0.3) is 5.76 Å². The molecular formula is C29H26N2O7S. The number of Topliss-reactive ketones (excluding diaryl/α,β-unsaturated/α-hetero) is 1. The minimum Gasteiger partial charge on any atom is -0.507 e. The maximum Gasteiger partial charge on any atom is 0.350 e.